The predicted octanol–water partition coefficient (Wildman–Crippen LogP) is 6.32. The number of rotatable bonds is 3. The lowest BCUT2D eigenvalue weighted by atomic mass is 9.92. The molecule has 0 amide bonds. The van der Waals surface area contributed by atoms with E-state index in [9.17, 15) is 4.79 Å². The second-order valence-corrected chi connectivity index (χ2v) is 7.00. The number of hydrogen-bond acceptors (Lipinski definition) is 1. The van der Waals surface area contributed by atoms with E-state index in [1.54, 1.807) is 6.08 Å². The molecule has 1 heterocycles. The van der Waals surface area contributed by atoms with Gasteiger partial charge in [0.1, 0.15) is 6.29 Å². The van der Waals surface area contributed by atoms with Crippen LogP contribution in [0.15, 0.2) is 84.9 Å². The van der Waals surface area contributed by atoms with Gasteiger partial charge in [0, 0.05) is 34.6 Å². The molecule has 2 nitrogen and oxygen atoms in total. The first-order valence-corrected chi connectivity index (χ1v) is 9.40. The van der Waals surface area contributed by atoms with Crippen molar-refractivity contribution >= 4 is 34.0 Å². The number of aromatic nitrogens is 1. The van der Waals surface area contributed by atoms with Crippen LogP contribution in [0, 0.1) is 0 Å². The lowest BCUT2D eigenvalue weighted by Crippen LogP contribution is -2.02. The van der Waals surface area contributed by atoms with Crippen molar-refractivity contribution < 1.29 is 4.79 Å². The number of para-hydroxylation sites is 1. The van der Waals surface area contributed by atoms with Crippen LogP contribution in [0.2, 0.25) is 0 Å². The maximum absolute atomic E-state index is 11.1. The highest BCUT2D eigenvalue weighted by atomic mass is 16.1. The van der Waals surface area contributed by atoms with Gasteiger partial charge in [-0.15, -0.1) is 0 Å². The first kappa shape index (κ1) is 16.5. The number of allylic oxidation sites excluding steroid dienone is 1. The lowest BCUT2D eigenvalue weighted by molar-refractivity contribution is -0.104. The Morgan fingerprint density at radius 3 is 2.11 bits per heavy atom. The molecule has 5 rings (SSSR count). The second-order valence-electron chi connectivity index (χ2n) is 7.00. The second kappa shape index (κ2) is 6.50. The molecule has 0 saturated heterocycles. The third kappa shape index (κ3) is 2.31. The van der Waals surface area contributed by atoms with Crippen molar-refractivity contribution in [2.45, 2.75) is 0 Å². The van der Waals surface area contributed by atoms with Crippen LogP contribution in [-0.4, -0.2) is 10.9 Å². The standard InChI is InChI=1S/C26H19NO/c1-27-23-16-8-7-14-22(23)24(18-10-3-2-4-11-18)25-20-13-6-5-12-19(20)21(26(25)27)15-9-17-28/h2-17H,1H3. The molecule has 134 valence electrons. The summed E-state index contributed by atoms with van der Waals surface area (Å²) in [4.78, 5) is 11.1. The molecular formula is C26H19NO. The summed E-state index contributed by atoms with van der Waals surface area (Å²) in [6.07, 6.45) is 4.35. The van der Waals surface area contributed by atoms with Crippen LogP contribution in [-0.2, 0) is 11.8 Å². The van der Waals surface area contributed by atoms with Crippen molar-refractivity contribution in [2.75, 3.05) is 0 Å². The molecule has 0 radical (unpaired) electrons. The van der Waals surface area contributed by atoms with Crippen LogP contribution < -0.4 is 0 Å². The average Bonchev–Trinajstić information content (AvgIpc) is 3.08. The molecule has 28 heavy (non-hydrogen) atoms. The molecule has 0 aromatic heterocycles. The Balaban J connectivity index is 2.08. The number of pyridine rings is 1. The Morgan fingerprint density at radius 1 is 0.714 bits per heavy atom. The van der Waals surface area contributed by atoms with Gasteiger partial charge >= 0.3 is 0 Å². The van der Waals surface area contributed by atoms with Gasteiger partial charge in [-0.3, -0.25) is 4.79 Å². The highest BCUT2D eigenvalue weighted by Crippen LogP contribution is 2.48. The van der Waals surface area contributed by atoms with Crippen LogP contribution in [0.5, 0.6) is 0 Å². The van der Waals surface area contributed by atoms with Gasteiger partial charge in [-0.05, 0) is 34.6 Å². The number of benzene rings is 3. The van der Waals surface area contributed by atoms with E-state index in [1.165, 1.54) is 38.4 Å². The van der Waals surface area contributed by atoms with E-state index in [1.807, 2.05) is 12.1 Å². The molecule has 3 aromatic rings. The zero-order valence-electron chi connectivity index (χ0n) is 15.6. The largest absolute Gasteiger partial charge is 0.343 e. The smallest absolute Gasteiger partial charge is 0.142 e. The molecule has 2 aliphatic rings. The van der Waals surface area contributed by atoms with Crippen molar-refractivity contribution in [3.05, 3.63) is 90.5 Å². The molecule has 0 saturated carbocycles. The number of aryl methyl sites for hydroxylation is 1. The minimum atomic E-state index is 0.840. The molecule has 2 heteroatoms. The van der Waals surface area contributed by atoms with Crippen LogP contribution in [0.25, 0.3) is 50.1 Å². The summed E-state index contributed by atoms with van der Waals surface area (Å²) in [6, 6.07) is 27.5. The predicted molar refractivity (Wildman–Crippen MR) is 118 cm³/mol. The van der Waals surface area contributed by atoms with Gasteiger partial charge in [0.15, 0.2) is 0 Å². The van der Waals surface area contributed by atoms with Crippen LogP contribution in [0.3, 0.4) is 0 Å². The monoisotopic (exact) mass is 361 g/mol. The van der Waals surface area contributed by atoms with Gasteiger partial charge in [-0.25, -0.2) is 0 Å². The fraction of sp³-hybridized carbons (Fsp3) is 0.0385. The zero-order chi connectivity index (χ0) is 19.1. The third-order valence-electron chi connectivity index (χ3n) is 5.50. The van der Waals surface area contributed by atoms with E-state index in [-0.39, 0.29) is 0 Å². The maximum Gasteiger partial charge on any atom is 0.142 e. The first-order valence-electron chi connectivity index (χ1n) is 9.40. The third-order valence-corrected chi connectivity index (χ3v) is 5.50. The highest BCUT2D eigenvalue weighted by Gasteiger charge is 2.24. The number of aldehydes is 1. The van der Waals surface area contributed by atoms with Crippen molar-refractivity contribution in [1.82, 2.24) is 4.57 Å². The Hall–Kier alpha value is -3.65. The van der Waals surface area contributed by atoms with Gasteiger partial charge in [0.2, 0.25) is 0 Å². The van der Waals surface area contributed by atoms with E-state index in [0.717, 1.165) is 17.5 Å². The minimum Gasteiger partial charge on any atom is -0.343 e. The van der Waals surface area contributed by atoms with E-state index >= 15 is 0 Å². The van der Waals surface area contributed by atoms with Gasteiger partial charge < -0.3 is 4.57 Å². The molecule has 0 spiro atoms. The Kier molecular flexibility index (Phi) is 3.84. The number of fused-ring (bicyclic) bond motifs is 4. The topological polar surface area (TPSA) is 22.0 Å². The average molecular weight is 361 g/mol. The van der Waals surface area contributed by atoms with E-state index in [4.69, 9.17) is 0 Å². The van der Waals surface area contributed by atoms with Crippen molar-refractivity contribution in [3.63, 3.8) is 0 Å². The van der Waals surface area contributed by atoms with Gasteiger partial charge in [-0.2, -0.15) is 0 Å². The molecule has 0 fully saturated rings. The van der Waals surface area contributed by atoms with Gasteiger partial charge in [-0.1, -0.05) is 72.8 Å². The molecule has 0 atom stereocenters. The van der Waals surface area contributed by atoms with Crippen molar-refractivity contribution in [1.29, 1.82) is 0 Å². The van der Waals surface area contributed by atoms with Crippen molar-refractivity contribution in [3.8, 4) is 22.4 Å². The molecule has 3 aromatic carbocycles. The zero-order valence-corrected chi connectivity index (χ0v) is 15.6. The molecule has 0 N–H and O–H groups in total. The quantitative estimate of drug-likeness (QED) is 0.272. The highest BCUT2D eigenvalue weighted by molar-refractivity contribution is 6.18. The summed E-state index contributed by atoms with van der Waals surface area (Å²) in [7, 11) is 2.11. The van der Waals surface area contributed by atoms with Crippen LogP contribution in [0.1, 0.15) is 5.56 Å². The molecule has 1 aliphatic heterocycles. The molecule has 1 aliphatic carbocycles. The number of carbonyl (C=O) groups is 1. The summed E-state index contributed by atoms with van der Waals surface area (Å²) >= 11 is 0. The summed E-state index contributed by atoms with van der Waals surface area (Å²) < 4.78 is 2.25. The van der Waals surface area contributed by atoms with Crippen molar-refractivity contribution in [2.24, 2.45) is 7.05 Å². The van der Waals surface area contributed by atoms with E-state index in [2.05, 4.69) is 84.4 Å². The summed E-state index contributed by atoms with van der Waals surface area (Å²) in [6.45, 7) is 0. The number of hydrogen-bond donors (Lipinski definition) is 0. The Bertz CT molecular complexity index is 1330. The molecule has 0 unspecified atom stereocenters. The number of nitrogens with zero attached hydrogens (tertiary/aromatic N) is 1. The lowest BCUT2D eigenvalue weighted by Gasteiger charge is -2.20. The minimum absolute atomic E-state index is 0.840. The van der Waals surface area contributed by atoms with Crippen LogP contribution >= 0.6 is 0 Å². The summed E-state index contributed by atoms with van der Waals surface area (Å²) in [5, 5.41) is 3.60. The molecular weight excluding hydrogens is 342 g/mol. The number of carbonyl (C=O) groups excluding carboxylic acids is 1. The Labute approximate surface area is 163 Å². The maximum atomic E-state index is 11.1. The Morgan fingerprint density at radius 2 is 1.36 bits per heavy atom. The van der Waals surface area contributed by atoms with Crippen LogP contribution in [0.4, 0.5) is 0 Å². The summed E-state index contributed by atoms with van der Waals surface area (Å²) in [5.41, 5.74) is 7.08. The normalized spacial score (nSPS) is 11.8. The summed E-state index contributed by atoms with van der Waals surface area (Å²) in [5.74, 6) is 0. The van der Waals surface area contributed by atoms with Gasteiger partial charge in [0.05, 0.1) is 5.69 Å². The molecule has 0 bridgehead atoms. The SMILES string of the molecule is Cn1c2c(C=CC=O)c3ccccc3c-2c(-c2ccccc2)c2ccccc21. The van der Waals surface area contributed by atoms with Gasteiger partial charge in [0.25, 0.3) is 0 Å². The van der Waals surface area contributed by atoms with E-state index in [0.29, 0.717) is 0 Å². The first-order chi connectivity index (χ1) is 13.8. The fourth-order valence-corrected chi connectivity index (χ4v) is 4.37. The van der Waals surface area contributed by atoms with E-state index < -0.39 is 0 Å². The fourth-order valence-electron chi connectivity index (χ4n) is 4.37.